The summed E-state index contributed by atoms with van der Waals surface area (Å²) in [5.74, 6) is 0.422. The fraction of sp³-hybridized carbons (Fsp3) is 0.400. The maximum Gasteiger partial charge on any atom is 0.515 e. The van der Waals surface area contributed by atoms with Crippen LogP contribution in [0.4, 0.5) is 4.79 Å². The maximum absolute atomic E-state index is 12.0. The monoisotopic (exact) mass is 456 g/mol. The number of halogens is 1. The molecule has 0 radical (unpaired) electrons. The molecule has 4 rings (SSSR count). The Bertz CT molecular complexity index is 1120. The Labute approximate surface area is 193 Å². The predicted octanol–water partition coefficient (Wildman–Crippen LogP) is 5.46. The van der Waals surface area contributed by atoms with Crippen LogP contribution in [0.15, 0.2) is 36.4 Å². The minimum atomic E-state index is -0.863. The van der Waals surface area contributed by atoms with Crippen LogP contribution in [0.1, 0.15) is 42.0 Å². The number of aromatic nitrogens is 1. The lowest BCUT2D eigenvalue weighted by molar-refractivity contribution is -0.0277. The average Bonchev–Trinajstić information content (AvgIpc) is 3.07. The molecule has 1 aromatic heterocycles. The molecule has 1 fully saturated rings. The first-order valence-electron chi connectivity index (χ1n) is 11.0. The summed E-state index contributed by atoms with van der Waals surface area (Å²) < 4.78 is 10.5. The number of fused-ring (bicyclic) bond motifs is 1. The molecule has 1 aliphatic rings. The number of hydrogen-bond acceptors (Lipinski definition) is 5. The van der Waals surface area contributed by atoms with E-state index in [9.17, 15) is 9.90 Å². The second-order valence-corrected chi connectivity index (χ2v) is 8.97. The molecule has 2 heterocycles. The highest BCUT2D eigenvalue weighted by Gasteiger charge is 2.34. The van der Waals surface area contributed by atoms with E-state index >= 15 is 0 Å². The van der Waals surface area contributed by atoms with Gasteiger partial charge in [0, 0.05) is 41.1 Å². The van der Waals surface area contributed by atoms with Gasteiger partial charge in [0.15, 0.2) is 0 Å². The van der Waals surface area contributed by atoms with Crippen molar-refractivity contribution in [1.29, 1.82) is 0 Å². The van der Waals surface area contributed by atoms with Gasteiger partial charge < -0.3 is 19.6 Å². The van der Waals surface area contributed by atoms with Crippen molar-refractivity contribution in [3.8, 4) is 5.88 Å². The topological polar surface area (TPSA) is 74.8 Å². The van der Waals surface area contributed by atoms with Gasteiger partial charge in [-0.15, -0.1) is 0 Å². The van der Waals surface area contributed by atoms with E-state index < -0.39 is 11.8 Å². The van der Waals surface area contributed by atoms with Crippen LogP contribution in [0.2, 0.25) is 5.02 Å². The van der Waals surface area contributed by atoms with Gasteiger partial charge in [0.1, 0.15) is 0 Å². The maximum atomic E-state index is 12.0. The summed E-state index contributed by atoms with van der Waals surface area (Å²) in [6, 6.07) is 11.6. The number of aliphatic hydroxyl groups is 1. The molecule has 0 bridgehead atoms. The van der Waals surface area contributed by atoms with Crippen LogP contribution in [0.25, 0.3) is 10.9 Å². The molecule has 32 heavy (non-hydrogen) atoms. The van der Waals surface area contributed by atoms with Gasteiger partial charge in [-0.25, -0.2) is 4.79 Å². The Morgan fingerprint density at radius 1 is 1.19 bits per heavy atom. The lowest BCUT2D eigenvalue weighted by atomic mass is 9.84. The zero-order valence-electron chi connectivity index (χ0n) is 18.7. The second-order valence-electron chi connectivity index (χ2n) is 8.54. The van der Waals surface area contributed by atoms with E-state index in [1.807, 2.05) is 31.2 Å². The van der Waals surface area contributed by atoms with Crippen molar-refractivity contribution in [3.05, 3.63) is 63.7 Å². The number of rotatable bonds is 5. The minimum Gasteiger partial charge on any atom is -0.434 e. The fourth-order valence-corrected chi connectivity index (χ4v) is 4.73. The largest absolute Gasteiger partial charge is 0.515 e. The van der Waals surface area contributed by atoms with E-state index in [1.165, 1.54) is 0 Å². The first kappa shape index (κ1) is 22.6. The van der Waals surface area contributed by atoms with Crippen LogP contribution in [0.3, 0.4) is 0 Å². The third-order valence-electron chi connectivity index (χ3n) is 6.20. The second kappa shape index (κ2) is 9.14. The zero-order chi connectivity index (χ0) is 22.9. The van der Waals surface area contributed by atoms with Gasteiger partial charge in [0.25, 0.3) is 0 Å². The number of piperidine rings is 1. The normalized spacial score (nSPS) is 16.3. The van der Waals surface area contributed by atoms with Crippen molar-refractivity contribution in [2.45, 2.75) is 45.8 Å². The minimum absolute atomic E-state index is 0.252. The third kappa shape index (κ3) is 4.63. The van der Waals surface area contributed by atoms with Gasteiger partial charge in [0.05, 0.1) is 12.2 Å². The average molecular weight is 457 g/mol. The molecule has 6 nitrogen and oxygen atoms in total. The molecule has 2 N–H and O–H groups in total. The van der Waals surface area contributed by atoms with Gasteiger partial charge in [-0.05, 0) is 68.5 Å². The van der Waals surface area contributed by atoms with Crippen molar-refractivity contribution in [2.24, 2.45) is 0 Å². The first-order valence-corrected chi connectivity index (χ1v) is 11.3. The van der Waals surface area contributed by atoms with Crippen LogP contribution in [0.5, 0.6) is 5.88 Å². The van der Waals surface area contributed by atoms with E-state index in [0.29, 0.717) is 30.3 Å². The standard InChI is InChI=1S/C25H29ClN2O4/c1-4-31-24(29)32-23-20(22-17(3)13-16(2)14-21(22)27-23)15-28-11-9-25(30,10-12-28)18-5-7-19(26)8-6-18/h5-8,13-14,27,30H,4,9-12,15H2,1-3H3. The summed E-state index contributed by atoms with van der Waals surface area (Å²) in [7, 11) is 0. The summed E-state index contributed by atoms with van der Waals surface area (Å²) in [4.78, 5) is 17.6. The van der Waals surface area contributed by atoms with Crippen LogP contribution in [0, 0.1) is 13.8 Å². The van der Waals surface area contributed by atoms with Crippen LogP contribution >= 0.6 is 11.6 Å². The van der Waals surface area contributed by atoms with Crippen LogP contribution < -0.4 is 4.74 Å². The Hall–Kier alpha value is -2.54. The molecule has 0 spiro atoms. The molecule has 2 aromatic carbocycles. The fourth-order valence-electron chi connectivity index (χ4n) is 4.60. The van der Waals surface area contributed by atoms with Gasteiger partial charge in [-0.1, -0.05) is 29.8 Å². The van der Waals surface area contributed by atoms with Gasteiger partial charge >= 0.3 is 6.16 Å². The van der Waals surface area contributed by atoms with Crippen molar-refractivity contribution < 1.29 is 19.4 Å². The van der Waals surface area contributed by atoms with E-state index in [1.54, 1.807) is 6.92 Å². The smallest absolute Gasteiger partial charge is 0.434 e. The number of aryl methyl sites for hydroxylation is 2. The van der Waals surface area contributed by atoms with Gasteiger partial charge in [0.2, 0.25) is 5.88 Å². The predicted molar refractivity (Wildman–Crippen MR) is 125 cm³/mol. The number of benzene rings is 2. The molecule has 0 aliphatic carbocycles. The molecule has 1 aliphatic heterocycles. The molecule has 0 unspecified atom stereocenters. The first-order chi connectivity index (χ1) is 15.3. The number of aromatic amines is 1. The number of nitrogens with zero attached hydrogens (tertiary/aromatic N) is 1. The number of hydrogen-bond donors (Lipinski definition) is 2. The van der Waals surface area contributed by atoms with Crippen molar-refractivity contribution in [3.63, 3.8) is 0 Å². The van der Waals surface area contributed by atoms with Gasteiger partial charge in [-0.3, -0.25) is 4.90 Å². The molecule has 3 aromatic rings. The number of H-pyrrole nitrogens is 1. The molecular weight excluding hydrogens is 428 g/mol. The molecule has 0 atom stereocenters. The van der Waals surface area contributed by atoms with E-state index in [0.717, 1.165) is 46.2 Å². The Balaban J connectivity index is 1.57. The zero-order valence-corrected chi connectivity index (χ0v) is 19.5. The lowest BCUT2D eigenvalue weighted by Gasteiger charge is -2.38. The summed E-state index contributed by atoms with van der Waals surface area (Å²) in [6.45, 7) is 8.15. The summed E-state index contributed by atoms with van der Waals surface area (Å²) in [5.41, 5.74) is 4.16. The highest BCUT2D eigenvalue weighted by Crippen LogP contribution is 2.37. The Kier molecular flexibility index (Phi) is 6.47. The highest BCUT2D eigenvalue weighted by atomic mass is 35.5. The molecule has 0 amide bonds. The number of ether oxygens (including phenoxy) is 2. The summed E-state index contributed by atoms with van der Waals surface area (Å²) in [6.07, 6.45) is 0.511. The SMILES string of the molecule is CCOC(=O)Oc1[nH]c2cc(C)cc(C)c2c1CN1CCC(O)(c2ccc(Cl)cc2)CC1. The molecule has 0 saturated carbocycles. The van der Waals surface area contributed by atoms with Crippen LogP contribution in [-0.4, -0.2) is 40.8 Å². The van der Waals surface area contributed by atoms with E-state index in [4.69, 9.17) is 21.1 Å². The Morgan fingerprint density at radius 3 is 2.53 bits per heavy atom. The number of carbonyl (C=O) groups is 1. The lowest BCUT2D eigenvalue weighted by Crippen LogP contribution is -2.42. The van der Waals surface area contributed by atoms with E-state index in [-0.39, 0.29) is 6.61 Å². The quantitative estimate of drug-likeness (QED) is 0.499. The third-order valence-corrected chi connectivity index (χ3v) is 6.45. The molecule has 7 heteroatoms. The number of likely N-dealkylation sites (tertiary alicyclic amines) is 1. The highest BCUT2D eigenvalue weighted by molar-refractivity contribution is 6.30. The van der Waals surface area contributed by atoms with Gasteiger partial charge in [-0.2, -0.15) is 0 Å². The molecular formula is C25H29ClN2O4. The summed E-state index contributed by atoms with van der Waals surface area (Å²) in [5, 5.41) is 12.9. The van der Waals surface area contributed by atoms with Crippen molar-refractivity contribution in [2.75, 3.05) is 19.7 Å². The Morgan fingerprint density at radius 2 is 1.88 bits per heavy atom. The number of nitrogens with one attached hydrogen (secondary N) is 1. The summed E-state index contributed by atoms with van der Waals surface area (Å²) >= 11 is 6.00. The van der Waals surface area contributed by atoms with Crippen molar-refractivity contribution in [1.82, 2.24) is 9.88 Å². The number of carbonyl (C=O) groups excluding carboxylic acids is 1. The van der Waals surface area contributed by atoms with Crippen LogP contribution in [-0.2, 0) is 16.9 Å². The molecule has 1 saturated heterocycles. The van der Waals surface area contributed by atoms with E-state index in [2.05, 4.69) is 28.9 Å². The molecule has 170 valence electrons. The van der Waals surface area contributed by atoms with Crippen molar-refractivity contribution >= 4 is 28.7 Å².